The smallest absolute Gasteiger partial charge is 0.263 e. The number of nitrogens with one attached hydrogen (secondary N) is 1. The first-order valence-corrected chi connectivity index (χ1v) is 10.1. The van der Waals surface area contributed by atoms with Crippen LogP contribution in [-0.2, 0) is 23.1 Å². The highest BCUT2D eigenvalue weighted by Crippen LogP contribution is 2.27. The summed E-state index contributed by atoms with van der Waals surface area (Å²) < 4.78 is 52.7. The summed E-state index contributed by atoms with van der Waals surface area (Å²) in [5.74, 6) is 0. The number of nitrogens with zero attached hydrogens (tertiary/aromatic N) is 1. The van der Waals surface area contributed by atoms with Gasteiger partial charge in [0.2, 0.25) is 0 Å². The number of hydrogen-bond donors (Lipinski definition) is 1. The van der Waals surface area contributed by atoms with Crippen molar-refractivity contribution in [1.82, 2.24) is 4.90 Å². The zero-order valence-electron chi connectivity index (χ0n) is 14.6. The molecule has 140 valence electrons. The summed E-state index contributed by atoms with van der Waals surface area (Å²) in [4.78, 5) is 2.31. The van der Waals surface area contributed by atoms with E-state index in [0.29, 0.717) is 5.69 Å². The average molecular weight is 380 g/mol. The van der Waals surface area contributed by atoms with Gasteiger partial charge in [-0.3, -0.25) is 9.62 Å². The number of anilines is 1. The number of rotatable bonds is 7. The lowest BCUT2D eigenvalue weighted by Gasteiger charge is -2.13. The van der Waals surface area contributed by atoms with Crippen LogP contribution in [0.25, 0.3) is 0 Å². The van der Waals surface area contributed by atoms with Gasteiger partial charge in [0.15, 0.2) is 0 Å². The van der Waals surface area contributed by atoms with Gasteiger partial charge < -0.3 is 0 Å². The lowest BCUT2D eigenvalue weighted by molar-refractivity contribution is 0.151. The largest absolute Gasteiger partial charge is 0.295 e. The van der Waals surface area contributed by atoms with E-state index in [9.17, 15) is 17.2 Å². The predicted molar refractivity (Wildman–Crippen MR) is 97.7 cm³/mol. The van der Waals surface area contributed by atoms with E-state index >= 15 is 0 Å². The van der Waals surface area contributed by atoms with Crippen LogP contribution in [0.15, 0.2) is 47.4 Å². The van der Waals surface area contributed by atoms with E-state index in [1.165, 1.54) is 17.7 Å². The third-order valence-electron chi connectivity index (χ3n) is 4.52. The first-order valence-electron chi connectivity index (χ1n) is 8.64. The quantitative estimate of drug-likeness (QED) is 0.767. The number of sulfonamides is 1. The van der Waals surface area contributed by atoms with E-state index in [4.69, 9.17) is 0 Å². The molecule has 0 saturated carbocycles. The van der Waals surface area contributed by atoms with Crippen molar-refractivity contribution in [3.8, 4) is 0 Å². The minimum absolute atomic E-state index is 0.0352. The van der Waals surface area contributed by atoms with Crippen molar-refractivity contribution in [2.24, 2.45) is 0 Å². The molecule has 1 aliphatic heterocycles. The molecule has 0 amide bonds. The SMILES string of the molecule is CCCCN1Cc2ccc(NS(=O)(=O)c3ccc(C(F)F)cc3)cc2C1. The van der Waals surface area contributed by atoms with Gasteiger partial charge in [-0.1, -0.05) is 31.5 Å². The van der Waals surface area contributed by atoms with Crippen molar-refractivity contribution < 1.29 is 17.2 Å². The van der Waals surface area contributed by atoms with Crippen LogP contribution in [0.4, 0.5) is 14.5 Å². The van der Waals surface area contributed by atoms with Crippen molar-refractivity contribution in [1.29, 1.82) is 0 Å². The normalized spacial score (nSPS) is 14.6. The minimum atomic E-state index is -3.81. The molecule has 0 aromatic heterocycles. The maximum atomic E-state index is 12.6. The first kappa shape index (κ1) is 18.8. The highest BCUT2D eigenvalue weighted by Gasteiger charge is 2.20. The van der Waals surface area contributed by atoms with Crippen molar-refractivity contribution in [3.05, 3.63) is 59.2 Å². The first-order chi connectivity index (χ1) is 12.4. The molecule has 0 bridgehead atoms. The van der Waals surface area contributed by atoms with Crippen LogP contribution in [0.2, 0.25) is 0 Å². The van der Waals surface area contributed by atoms with E-state index in [2.05, 4.69) is 16.5 Å². The second-order valence-corrected chi connectivity index (χ2v) is 8.21. The molecule has 0 spiro atoms. The van der Waals surface area contributed by atoms with Crippen LogP contribution in [-0.4, -0.2) is 19.9 Å². The monoisotopic (exact) mass is 380 g/mol. The standard InChI is InChI=1S/C19H22F2N2O2S/c1-2-3-10-23-12-15-4-7-17(11-16(15)13-23)22-26(24,25)18-8-5-14(6-9-18)19(20)21/h4-9,11,19,22H,2-3,10,12-13H2,1H3. The molecule has 1 heterocycles. The third kappa shape index (κ3) is 4.22. The molecule has 2 aromatic rings. The molecule has 0 aliphatic carbocycles. The van der Waals surface area contributed by atoms with Crippen LogP contribution in [0.1, 0.15) is 42.9 Å². The Balaban J connectivity index is 1.73. The van der Waals surface area contributed by atoms with Crippen molar-refractivity contribution in [3.63, 3.8) is 0 Å². The highest BCUT2D eigenvalue weighted by atomic mass is 32.2. The summed E-state index contributed by atoms with van der Waals surface area (Å²) in [6.07, 6.45) is -0.336. The molecule has 0 atom stereocenters. The van der Waals surface area contributed by atoms with Gasteiger partial charge >= 0.3 is 0 Å². The Morgan fingerprint density at radius 1 is 1.08 bits per heavy atom. The van der Waals surface area contributed by atoms with Gasteiger partial charge in [0.1, 0.15) is 0 Å². The van der Waals surface area contributed by atoms with E-state index < -0.39 is 16.4 Å². The topological polar surface area (TPSA) is 49.4 Å². The fourth-order valence-electron chi connectivity index (χ4n) is 3.07. The summed E-state index contributed by atoms with van der Waals surface area (Å²) in [7, 11) is -3.81. The molecule has 1 N–H and O–H groups in total. The summed E-state index contributed by atoms with van der Waals surface area (Å²) in [5.41, 5.74) is 2.62. The molecule has 0 saturated heterocycles. The van der Waals surface area contributed by atoms with Crippen molar-refractivity contribution in [2.75, 3.05) is 11.3 Å². The maximum Gasteiger partial charge on any atom is 0.263 e. The zero-order valence-corrected chi connectivity index (χ0v) is 15.4. The molecule has 3 rings (SSSR count). The molecule has 0 unspecified atom stereocenters. The van der Waals surface area contributed by atoms with Crippen LogP contribution in [0.5, 0.6) is 0 Å². The van der Waals surface area contributed by atoms with Gasteiger partial charge in [-0.05, 0) is 48.4 Å². The molecular weight excluding hydrogens is 358 g/mol. The lowest BCUT2D eigenvalue weighted by atomic mass is 10.1. The second-order valence-electron chi connectivity index (χ2n) is 6.52. The number of benzene rings is 2. The molecular formula is C19H22F2N2O2S. The van der Waals surface area contributed by atoms with Gasteiger partial charge in [-0.15, -0.1) is 0 Å². The predicted octanol–water partition coefficient (Wildman–Crippen LogP) is 4.54. The lowest BCUT2D eigenvalue weighted by Crippen LogP contribution is -2.17. The fraction of sp³-hybridized carbons (Fsp3) is 0.368. The summed E-state index contributed by atoms with van der Waals surface area (Å²) in [6.45, 7) is 4.89. The Labute approximate surface area is 152 Å². The number of alkyl halides is 2. The molecule has 4 nitrogen and oxygen atoms in total. The Hall–Kier alpha value is -1.99. The highest BCUT2D eigenvalue weighted by molar-refractivity contribution is 7.92. The van der Waals surface area contributed by atoms with Crippen LogP contribution >= 0.6 is 0 Å². The van der Waals surface area contributed by atoms with Gasteiger partial charge in [-0.25, -0.2) is 17.2 Å². The fourth-order valence-corrected chi connectivity index (χ4v) is 4.12. The number of halogens is 2. The Bertz CT molecular complexity index is 868. The van der Waals surface area contributed by atoms with Gasteiger partial charge in [0.25, 0.3) is 16.4 Å². The average Bonchev–Trinajstić information content (AvgIpc) is 3.01. The van der Waals surface area contributed by atoms with Crippen molar-refractivity contribution in [2.45, 2.75) is 44.2 Å². The minimum Gasteiger partial charge on any atom is -0.295 e. The van der Waals surface area contributed by atoms with Crippen LogP contribution in [0, 0.1) is 0 Å². The van der Waals surface area contributed by atoms with Gasteiger partial charge in [0, 0.05) is 24.3 Å². The molecule has 7 heteroatoms. The molecule has 0 radical (unpaired) electrons. The third-order valence-corrected chi connectivity index (χ3v) is 5.91. The van der Waals surface area contributed by atoms with Crippen molar-refractivity contribution >= 4 is 15.7 Å². The summed E-state index contributed by atoms with van der Waals surface area (Å²) in [6, 6.07) is 10.2. The van der Waals surface area contributed by atoms with E-state index in [-0.39, 0.29) is 10.5 Å². The van der Waals surface area contributed by atoms with Crippen LogP contribution < -0.4 is 4.72 Å². The number of fused-ring (bicyclic) bond motifs is 1. The van der Waals surface area contributed by atoms with E-state index in [1.807, 2.05) is 12.1 Å². The maximum absolute atomic E-state index is 12.6. The summed E-state index contributed by atoms with van der Waals surface area (Å²) >= 11 is 0. The molecule has 0 fully saturated rings. The van der Waals surface area contributed by atoms with E-state index in [0.717, 1.165) is 50.2 Å². The molecule has 26 heavy (non-hydrogen) atoms. The Morgan fingerprint density at radius 3 is 2.42 bits per heavy atom. The van der Waals surface area contributed by atoms with Gasteiger partial charge in [0.05, 0.1) is 4.90 Å². The van der Waals surface area contributed by atoms with Gasteiger partial charge in [-0.2, -0.15) is 0 Å². The summed E-state index contributed by atoms with van der Waals surface area (Å²) in [5, 5.41) is 0. The second kappa shape index (κ2) is 7.72. The number of hydrogen-bond acceptors (Lipinski definition) is 3. The Kier molecular flexibility index (Phi) is 5.58. The van der Waals surface area contributed by atoms with E-state index in [1.54, 1.807) is 6.07 Å². The van der Waals surface area contributed by atoms with Crippen LogP contribution in [0.3, 0.4) is 0 Å². The zero-order chi connectivity index (χ0) is 18.7. The molecule has 1 aliphatic rings. The molecule has 2 aromatic carbocycles. The number of unbranched alkanes of at least 4 members (excludes halogenated alkanes) is 1. The Morgan fingerprint density at radius 2 is 1.77 bits per heavy atom.